The monoisotopic (exact) mass is 412 g/mol. The molecular weight excluding hydrogens is 392 g/mol. The van der Waals surface area contributed by atoms with Crippen molar-refractivity contribution >= 4 is 27.5 Å². The quantitative estimate of drug-likeness (QED) is 0.815. The molecule has 0 radical (unpaired) electrons. The van der Waals surface area contributed by atoms with Crippen LogP contribution in [-0.2, 0) is 21.3 Å². The van der Waals surface area contributed by atoms with Gasteiger partial charge in [0.2, 0.25) is 10.0 Å². The molecule has 7 nitrogen and oxygen atoms in total. The molecule has 27 heavy (non-hydrogen) atoms. The van der Waals surface area contributed by atoms with Crippen LogP contribution in [-0.4, -0.2) is 43.9 Å². The van der Waals surface area contributed by atoms with Crippen molar-refractivity contribution < 1.29 is 22.4 Å². The summed E-state index contributed by atoms with van der Waals surface area (Å²) in [6, 6.07) is 7.67. The van der Waals surface area contributed by atoms with Crippen LogP contribution in [0.15, 0.2) is 45.9 Å². The Morgan fingerprint density at radius 2 is 1.96 bits per heavy atom. The summed E-state index contributed by atoms with van der Waals surface area (Å²) in [5.41, 5.74) is 0.207. The summed E-state index contributed by atoms with van der Waals surface area (Å²) >= 11 is 6.15. The van der Waals surface area contributed by atoms with Crippen molar-refractivity contribution in [2.45, 2.75) is 37.5 Å². The van der Waals surface area contributed by atoms with Crippen LogP contribution in [0.25, 0.3) is 0 Å². The number of carbonyl (C=O) groups excluding carboxylic acids is 1. The number of rotatable bonds is 5. The van der Waals surface area contributed by atoms with E-state index in [0.29, 0.717) is 5.76 Å². The summed E-state index contributed by atoms with van der Waals surface area (Å²) < 4.78 is 38.2. The van der Waals surface area contributed by atoms with Gasteiger partial charge in [0.25, 0.3) is 5.91 Å². The van der Waals surface area contributed by atoms with Gasteiger partial charge in [-0.3, -0.25) is 4.79 Å². The van der Waals surface area contributed by atoms with E-state index >= 15 is 0 Å². The van der Waals surface area contributed by atoms with Crippen LogP contribution in [0.2, 0.25) is 5.02 Å². The van der Waals surface area contributed by atoms with E-state index in [-0.39, 0.29) is 47.3 Å². The molecule has 9 heteroatoms. The SMILES string of the molecule is C[C@H]1CN(S(=O)(=O)c2cc(C(=O)NCc3ccco3)ccc2Cl)C[C@H](C)O1. The molecule has 1 saturated heterocycles. The molecule has 1 fully saturated rings. The molecule has 2 heterocycles. The van der Waals surface area contributed by atoms with Crippen molar-refractivity contribution in [2.75, 3.05) is 13.1 Å². The van der Waals surface area contributed by atoms with Crippen molar-refractivity contribution in [3.05, 3.63) is 52.9 Å². The van der Waals surface area contributed by atoms with Gasteiger partial charge in [-0.2, -0.15) is 4.31 Å². The summed E-state index contributed by atoms with van der Waals surface area (Å²) in [7, 11) is -3.85. The van der Waals surface area contributed by atoms with Crippen LogP contribution in [0.3, 0.4) is 0 Å². The number of halogens is 1. The molecule has 1 aromatic carbocycles. The molecule has 2 atom stereocenters. The van der Waals surface area contributed by atoms with Gasteiger partial charge in [0, 0.05) is 18.7 Å². The molecule has 0 aliphatic carbocycles. The van der Waals surface area contributed by atoms with Gasteiger partial charge in [0.1, 0.15) is 10.7 Å². The number of nitrogens with zero attached hydrogens (tertiary/aromatic N) is 1. The Labute approximate surface area is 163 Å². The fourth-order valence-electron chi connectivity index (χ4n) is 2.99. The standard InChI is InChI=1S/C18H21ClN2O5S/c1-12-10-21(11-13(2)26-12)27(23,24)17-8-14(5-6-16(17)19)18(22)20-9-15-4-3-7-25-15/h3-8,12-13H,9-11H2,1-2H3,(H,20,22)/t12-,13-/m0/s1. The molecule has 1 aromatic heterocycles. The van der Waals surface area contributed by atoms with Crippen LogP contribution in [0.4, 0.5) is 0 Å². The van der Waals surface area contributed by atoms with Gasteiger partial charge in [-0.05, 0) is 44.2 Å². The normalized spacial score (nSPS) is 21.1. The first-order valence-corrected chi connectivity index (χ1v) is 10.3. The number of morpholine rings is 1. The molecule has 1 aliphatic rings. The molecule has 1 amide bonds. The van der Waals surface area contributed by atoms with E-state index in [9.17, 15) is 13.2 Å². The molecule has 1 N–H and O–H groups in total. The van der Waals surface area contributed by atoms with Crippen LogP contribution in [0.5, 0.6) is 0 Å². The van der Waals surface area contributed by atoms with Crippen LogP contribution in [0, 0.1) is 0 Å². The maximum absolute atomic E-state index is 13.1. The first-order valence-electron chi connectivity index (χ1n) is 8.53. The predicted molar refractivity (Wildman–Crippen MR) is 100 cm³/mol. The maximum Gasteiger partial charge on any atom is 0.251 e. The van der Waals surface area contributed by atoms with E-state index in [1.807, 2.05) is 13.8 Å². The third-order valence-electron chi connectivity index (χ3n) is 4.20. The highest BCUT2D eigenvalue weighted by Crippen LogP contribution is 2.28. The van der Waals surface area contributed by atoms with Gasteiger partial charge >= 0.3 is 0 Å². The smallest absolute Gasteiger partial charge is 0.251 e. The highest BCUT2D eigenvalue weighted by molar-refractivity contribution is 7.89. The summed E-state index contributed by atoms with van der Waals surface area (Å²) in [6.45, 7) is 4.31. The number of hydrogen-bond acceptors (Lipinski definition) is 5. The first kappa shape index (κ1) is 19.9. The zero-order valence-electron chi connectivity index (χ0n) is 15.0. The Bertz CT molecular complexity index is 904. The zero-order valence-corrected chi connectivity index (χ0v) is 16.6. The topological polar surface area (TPSA) is 88.9 Å². The van der Waals surface area contributed by atoms with E-state index < -0.39 is 15.9 Å². The van der Waals surface area contributed by atoms with Crippen LogP contribution in [0.1, 0.15) is 30.0 Å². The minimum absolute atomic E-state index is 0.0735. The second-order valence-electron chi connectivity index (χ2n) is 6.49. The lowest BCUT2D eigenvalue weighted by Gasteiger charge is -2.34. The molecule has 146 valence electrons. The second-order valence-corrected chi connectivity index (χ2v) is 8.80. The number of carbonyl (C=O) groups is 1. The minimum Gasteiger partial charge on any atom is -0.467 e. The van der Waals surface area contributed by atoms with Gasteiger partial charge in [-0.15, -0.1) is 0 Å². The van der Waals surface area contributed by atoms with Gasteiger partial charge in [-0.25, -0.2) is 8.42 Å². The van der Waals surface area contributed by atoms with E-state index in [1.54, 1.807) is 12.1 Å². The molecule has 2 aromatic rings. The molecule has 0 spiro atoms. The maximum atomic E-state index is 13.1. The number of nitrogens with one attached hydrogen (secondary N) is 1. The molecule has 1 aliphatic heterocycles. The number of hydrogen-bond donors (Lipinski definition) is 1. The Morgan fingerprint density at radius 1 is 1.26 bits per heavy atom. The Balaban J connectivity index is 1.82. The Hall–Kier alpha value is -1.87. The van der Waals surface area contributed by atoms with Crippen molar-refractivity contribution in [2.24, 2.45) is 0 Å². The Kier molecular flexibility index (Phi) is 5.90. The third kappa shape index (κ3) is 4.52. The molecule has 0 unspecified atom stereocenters. The molecule has 3 rings (SSSR count). The summed E-state index contributed by atoms with van der Waals surface area (Å²) in [4.78, 5) is 12.3. The summed E-state index contributed by atoms with van der Waals surface area (Å²) in [5, 5.41) is 2.76. The number of ether oxygens (including phenoxy) is 1. The Morgan fingerprint density at radius 3 is 2.59 bits per heavy atom. The second kappa shape index (κ2) is 8.02. The summed E-state index contributed by atoms with van der Waals surface area (Å²) in [6.07, 6.45) is 1.07. The van der Waals surface area contributed by atoms with E-state index in [2.05, 4.69) is 5.32 Å². The lowest BCUT2D eigenvalue weighted by molar-refractivity contribution is -0.0440. The lowest BCUT2D eigenvalue weighted by Crippen LogP contribution is -2.48. The predicted octanol–water partition coefficient (Wildman–Crippen LogP) is 2.66. The average molecular weight is 413 g/mol. The zero-order chi connectivity index (χ0) is 19.6. The van der Waals surface area contributed by atoms with Crippen molar-refractivity contribution in [3.8, 4) is 0 Å². The molecule has 0 bridgehead atoms. The van der Waals surface area contributed by atoms with Crippen molar-refractivity contribution in [1.82, 2.24) is 9.62 Å². The van der Waals surface area contributed by atoms with Crippen molar-refractivity contribution in [3.63, 3.8) is 0 Å². The van der Waals surface area contributed by atoms with Gasteiger partial charge < -0.3 is 14.5 Å². The highest BCUT2D eigenvalue weighted by Gasteiger charge is 2.33. The summed E-state index contributed by atoms with van der Waals surface area (Å²) in [5.74, 6) is 0.185. The number of sulfonamides is 1. The van der Waals surface area contributed by atoms with E-state index in [0.717, 1.165) is 0 Å². The highest BCUT2D eigenvalue weighted by atomic mass is 35.5. The average Bonchev–Trinajstić information content (AvgIpc) is 3.12. The molecule has 0 saturated carbocycles. The fraction of sp³-hybridized carbons (Fsp3) is 0.389. The minimum atomic E-state index is -3.85. The van der Waals surface area contributed by atoms with Crippen molar-refractivity contribution in [1.29, 1.82) is 0 Å². The van der Waals surface area contributed by atoms with E-state index in [4.69, 9.17) is 20.8 Å². The van der Waals surface area contributed by atoms with Gasteiger partial charge in [0.05, 0.1) is 30.0 Å². The fourth-order valence-corrected chi connectivity index (χ4v) is 5.08. The van der Waals surface area contributed by atoms with Crippen LogP contribution < -0.4 is 5.32 Å². The van der Waals surface area contributed by atoms with E-state index in [1.165, 1.54) is 28.8 Å². The number of furan rings is 1. The van der Waals surface area contributed by atoms with Gasteiger partial charge in [0.15, 0.2) is 0 Å². The number of amides is 1. The van der Waals surface area contributed by atoms with Crippen LogP contribution >= 0.6 is 11.6 Å². The third-order valence-corrected chi connectivity index (χ3v) is 6.51. The first-order chi connectivity index (χ1) is 12.8. The molecular formula is C18H21ClN2O5S. The van der Waals surface area contributed by atoms with Gasteiger partial charge in [-0.1, -0.05) is 11.6 Å². The lowest BCUT2D eigenvalue weighted by atomic mass is 10.2. The largest absolute Gasteiger partial charge is 0.467 e. The number of benzene rings is 1.